The summed E-state index contributed by atoms with van der Waals surface area (Å²) >= 11 is 0. The van der Waals surface area contributed by atoms with Crippen molar-refractivity contribution in [1.29, 1.82) is 0 Å². The fourth-order valence-electron chi connectivity index (χ4n) is 12.1. The number of methoxy groups -OCH3 is 1. The lowest BCUT2D eigenvalue weighted by molar-refractivity contribution is -0.384. The van der Waals surface area contributed by atoms with Gasteiger partial charge in [0.2, 0.25) is 0 Å². The zero-order valence-electron chi connectivity index (χ0n) is 42.7. The number of aromatic nitrogens is 4. The Labute approximate surface area is 436 Å². The normalized spacial score (nSPS) is 21.3. The van der Waals surface area contributed by atoms with E-state index in [-0.39, 0.29) is 45.4 Å². The zero-order valence-corrected chi connectivity index (χ0v) is 43.5. The van der Waals surface area contributed by atoms with Gasteiger partial charge in [0, 0.05) is 92.7 Å². The van der Waals surface area contributed by atoms with Gasteiger partial charge in [0.1, 0.15) is 39.0 Å². The minimum absolute atomic E-state index is 0.0631. The first-order chi connectivity index (χ1) is 36.0. The van der Waals surface area contributed by atoms with Crippen molar-refractivity contribution in [2.24, 2.45) is 11.3 Å². The SMILES string of the molecule is COc1ccc(CN2CCN(C3CC4(C3)CN(c3ccc(C(=O)NS(=O)(=O)c5cc([N+](=O)[O-])c(NC[C@H]6CC[C@](C)(O)CC6)c6[nH]cnc56)c(Oc5cnc6[nH]ccc6c5)c3)C4)C(c3ccccc3C(C)C)C2)cc1. The van der Waals surface area contributed by atoms with Crippen LogP contribution in [-0.2, 0) is 16.6 Å². The number of nitro groups is 1. The van der Waals surface area contributed by atoms with Crippen molar-refractivity contribution in [3.8, 4) is 17.2 Å². The molecular formula is C56H64N10O8S. The molecule has 5 heterocycles. The van der Waals surface area contributed by atoms with Crippen LogP contribution in [0.1, 0.15) is 98.3 Å². The summed E-state index contributed by atoms with van der Waals surface area (Å²) in [6.07, 6.45) is 9.35. The van der Waals surface area contributed by atoms with Crippen LogP contribution in [0.15, 0.2) is 109 Å². The lowest BCUT2D eigenvalue weighted by Crippen LogP contribution is -2.68. The van der Waals surface area contributed by atoms with Crippen molar-refractivity contribution in [3.63, 3.8) is 0 Å². The highest BCUT2D eigenvalue weighted by Crippen LogP contribution is 2.54. The molecule has 18 nitrogen and oxygen atoms in total. The largest absolute Gasteiger partial charge is 0.497 e. The second-order valence-corrected chi connectivity index (χ2v) is 23.5. The molecule has 0 radical (unpaired) electrons. The molecule has 1 spiro atoms. The minimum atomic E-state index is -4.77. The van der Waals surface area contributed by atoms with Crippen molar-refractivity contribution in [1.82, 2.24) is 34.5 Å². The first kappa shape index (κ1) is 50.1. The van der Waals surface area contributed by atoms with Crippen LogP contribution in [0.4, 0.5) is 17.1 Å². The summed E-state index contributed by atoms with van der Waals surface area (Å²) in [6, 6.07) is 27.7. The molecule has 2 saturated heterocycles. The third-order valence-corrected chi connectivity index (χ3v) is 17.5. The number of ether oxygens (including phenoxy) is 2. The van der Waals surface area contributed by atoms with E-state index in [0.29, 0.717) is 42.7 Å². The fraction of sp³-hybridized carbons (Fsp3) is 0.411. The highest BCUT2D eigenvalue weighted by molar-refractivity contribution is 7.90. The van der Waals surface area contributed by atoms with Crippen molar-refractivity contribution >= 4 is 55.1 Å². The molecule has 2 aliphatic heterocycles. The number of benzene rings is 4. The molecule has 5 N–H and O–H groups in total. The Bertz CT molecular complexity index is 3370. The molecule has 4 aliphatic rings. The van der Waals surface area contributed by atoms with Crippen LogP contribution in [0, 0.1) is 21.4 Å². The smallest absolute Gasteiger partial charge is 0.296 e. The molecule has 3 aromatic heterocycles. The molecule has 2 saturated carbocycles. The molecule has 0 bridgehead atoms. The van der Waals surface area contributed by atoms with Gasteiger partial charge in [0.15, 0.2) is 0 Å². The maximum atomic E-state index is 14.3. The van der Waals surface area contributed by atoms with Crippen LogP contribution in [-0.4, -0.2) is 112 Å². The molecule has 75 heavy (non-hydrogen) atoms. The minimum Gasteiger partial charge on any atom is -0.497 e. The Balaban J connectivity index is 0.814. The topological polar surface area (TPSA) is 224 Å². The molecule has 392 valence electrons. The highest BCUT2D eigenvalue weighted by atomic mass is 32.2. The van der Waals surface area contributed by atoms with E-state index in [1.165, 1.54) is 29.2 Å². The molecule has 1 amide bonds. The van der Waals surface area contributed by atoms with E-state index in [4.69, 9.17) is 9.47 Å². The number of nitrogens with zero attached hydrogens (tertiary/aromatic N) is 6. The lowest BCUT2D eigenvalue weighted by Gasteiger charge is -2.63. The summed E-state index contributed by atoms with van der Waals surface area (Å²) < 4.78 is 42.6. The molecular weight excluding hydrogens is 973 g/mol. The summed E-state index contributed by atoms with van der Waals surface area (Å²) in [5.74, 6) is 0.855. The first-order valence-corrected chi connectivity index (χ1v) is 27.4. The molecule has 4 aromatic carbocycles. The van der Waals surface area contributed by atoms with Gasteiger partial charge in [-0.15, -0.1) is 0 Å². The predicted octanol–water partition coefficient (Wildman–Crippen LogP) is 9.27. The number of fused-ring (bicyclic) bond motifs is 2. The number of aromatic amines is 2. The number of hydrogen-bond acceptors (Lipinski definition) is 14. The van der Waals surface area contributed by atoms with Crippen LogP contribution < -0.4 is 24.4 Å². The summed E-state index contributed by atoms with van der Waals surface area (Å²) in [5.41, 5.74) is 4.51. The number of rotatable bonds is 16. The number of hydrogen-bond donors (Lipinski definition) is 5. The summed E-state index contributed by atoms with van der Waals surface area (Å²) in [6.45, 7) is 12.1. The average molecular weight is 1040 g/mol. The zero-order chi connectivity index (χ0) is 52.2. The third-order valence-electron chi connectivity index (χ3n) is 16.2. The van der Waals surface area contributed by atoms with E-state index in [1.807, 2.05) is 18.2 Å². The number of sulfonamides is 1. The van der Waals surface area contributed by atoms with Crippen LogP contribution in [0.25, 0.3) is 22.1 Å². The molecule has 1 atom stereocenters. The van der Waals surface area contributed by atoms with E-state index in [0.717, 1.165) is 87.8 Å². The Morgan fingerprint density at radius 1 is 0.973 bits per heavy atom. The van der Waals surface area contributed by atoms with Crippen molar-refractivity contribution in [2.45, 2.75) is 94.3 Å². The average Bonchev–Trinajstić information content (AvgIpc) is 4.06. The van der Waals surface area contributed by atoms with Crippen LogP contribution in [0.3, 0.4) is 0 Å². The van der Waals surface area contributed by atoms with Gasteiger partial charge in [-0.3, -0.25) is 24.7 Å². The van der Waals surface area contributed by atoms with E-state index in [2.05, 4.69) is 94.9 Å². The summed E-state index contributed by atoms with van der Waals surface area (Å²) in [4.78, 5) is 48.0. The number of imidazole rings is 1. The van der Waals surface area contributed by atoms with Crippen molar-refractivity contribution in [3.05, 3.63) is 136 Å². The van der Waals surface area contributed by atoms with E-state index >= 15 is 0 Å². The van der Waals surface area contributed by atoms with Gasteiger partial charge < -0.3 is 34.8 Å². The second-order valence-electron chi connectivity index (χ2n) is 21.8. The number of pyridine rings is 1. The van der Waals surface area contributed by atoms with E-state index < -0.39 is 37.0 Å². The number of nitrogens with one attached hydrogen (secondary N) is 4. The molecule has 11 rings (SSSR count). The number of carbonyl (C=O) groups is 1. The van der Waals surface area contributed by atoms with Gasteiger partial charge in [0.05, 0.1) is 41.2 Å². The third kappa shape index (κ3) is 10.1. The summed E-state index contributed by atoms with van der Waals surface area (Å²) in [7, 11) is -3.07. The number of amides is 1. The number of carbonyl (C=O) groups excluding carboxylic acids is 1. The lowest BCUT2D eigenvalue weighted by atomic mass is 9.59. The quantitative estimate of drug-likeness (QED) is 0.0450. The molecule has 1 unspecified atom stereocenters. The van der Waals surface area contributed by atoms with Gasteiger partial charge in [0.25, 0.3) is 21.6 Å². The highest BCUT2D eigenvalue weighted by Gasteiger charge is 2.55. The van der Waals surface area contributed by atoms with Gasteiger partial charge >= 0.3 is 0 Å². The van der Waals surface area contributed by atoms with Gasteiger partial charge in [-0.25, -0.2) is 23.1 Å². The Morgan fingerprint density at radius 2 is 1.75 bits per heavy atom. The summed E-state index contributed by atoms with van der Waals surface area (Å²) in [5, 5.41) is 26.9. The van der Waals surface area contributed by atoms with Crippen LogP contribution in [0.5, 0.6) is 17.2 Å². The second kappa shape index (κ2) is 19.9. The first-order valence-electron chi connectivity index (χ1n) is 25.9. The Kier molecular flexibility index (Phi) is 13.3. The predicted molar refractivity (Wildman–Crippen MR) is 287 cm³/mol. The van der Waals surface area contributed by atoms with E-state index in [1.54, 1.807) is 44.5 Å². The van der Waals surface area contributed by atoms with Crippen LogP contribution >= 0.6 is 0 Å². The number of piperazine rings is 1. The standard InChI is InChI=1S/C56H64N10O8S/c1-35(2)43-7-5-6-8-44(43)47-31-63(30-37-9-12-41(73-4)13-10-37)21-22-65(47)40-26-56(27-40)32-64(33-56)39-11-14-45(48(24-39)74-42-23-38-17-20-57-53(38)59-29-42)54(67)62-75(71,72)49-25-46(66(69)70)50(52-51(49)60-34-61-52)58-28-36-15-18-55(3,68)19-16-36/h5-14,17,20,23-25,29,34-36,40,47,58,68H,15-16,18-19,21-22,26-28,30-33H2,1-4H3,(H,57,59)(H,60,61)(H,62,67)/t36-,47?,55-. The number of aliphatic hydroxyl groups is 1. The van der Waals surface area contributed by atoms with Gasteiger partial charge in [-0.2, -0.15) is 0 Å². The number of H-pyrrole nitrogens is 2. The van der Waals surface area contributed by atoms with Crippen molar-refractivity contribution < 1.29 is 32.7 Å². The monoisotopic (exact) mass is 1040 g/mol. The number of anilines is 2. The maximum Gasteiger partial charge on any atom is 0.296 e. The Morgan fingerprint density at radius 3 is 2.49 bits per heavy atom. The molecule has 2 aliphatic carbocycles. The van der Waals surface area contributed by atoms with Gasteiger partial charge in [-0.05, 0) is 110 Å². The molecule has 19 heteroatoms. The van der Waals surface area contributed by atoms with Crippen LogP contribution in [0.2, 0.25) is 0 Å². The number of nitro benzene ring substituents is 1. The molecule has 4 fully saturated rings. The Hall–Kier alpha value is -7.06. The fourth-order valence-corrected chi connectivity index (χ4v) is 13.2. The van der Waals surface area contributed by atoms with Gasteiger partial charge in [-0.1, -0.05) is 50.2 Å². The maximum absolute atomic E-state index is 14.3. The van der Waals surface area contributed by atoms with E-state index in [9.17, 15) is 28.4 Å². The van der Waals surface area contributed by atoms with Crippen molar-refractivity contribution in [2.75, 3.05) is 56.6 Å². The molecule has 7 aromatic rings.